The predicted molar refractivity (Wildman–Crippen MR) is 205 cm³/mol. The lowest BCUT2D eigenvalue weighted by molar-refractivity contribution is 0.629. The number of pyridine rings is 1. The van der Waals surface area contributed by atoms with Crippen LogP contribution in [0.4, 0.5) is 0 Å². The molecule has 0 aliphatic rings. The molecule has 0 atom stereocenters. The molecule has 9 aromatic rings. The number of fused-ring (bicyclic) bond motifs is 1. The van der Waals surface area contributed by atoms with Crippen molar-refractivity contribution in [3.8, 4) is 79.1 Å². The molecule has 51 heavy (non-hydrogen) atoms. The molecule has 0 saturated heterocycles. The first kappa shape index (κ1) is 30.1. The van der Waals surface area contributed by atoms with Gasteiger partial charge in [-0.3, -0.25) is 0 Å². The quantitative estimate of drug-likeness (QED) is 0.171. The third-order valence-electron chi connectivity index (χ3n) is 8.94. The number of benzene rings is 6. The van der Waals surface area contributed by atoms with Crippen LogP contribution in [0.25, 0.3) is 90.1 Å². The molecule has 0 unspecified atom stereocenters. The van der Waals surface area contributed by atoms with Crippen molar-refractivity contribution in [2.75, 3.05) is 0 Å². The van der Waals surface area contributed by atoms with Crippen LogP contribution in [0.1, 0.15) is 0 Å². The van der Waals surface area contributed by atoms with Crippen LogP contribution in [-0.2, 0) is 0 Å². The van der Waals surface area contributed by atoms with Crippen LogP contribution in [0, 0.1) is 0 Å². The van der Waals surface area contributed by atoms with Gasteiger partial charge in [0.2, 0.25) is 0 Å². The minimum absolute atomic E-state index is 0.626. The maximum atomic E-state index is 6.25. The smallest absolute Gasteiger partial charge is 0.164 e. The van der Waals surface area contributed by atoms with Crippen molar-refractivity contribution in [1.82, 2.24) is 19.9 Å². The Labute approximate surface area is 295 Å². The molecule has 0 bridgehead atoms. The van der Waals surface area contributed by atoms with Gasteiger partial charge in [0.1, 0.15) is 11.3 Å². The maximum Gasteiger partial charge on any atom is 0.164 e. The lowest BCUT2D eigenvalue weighted by atomic mass is 9.98. The Hall–Kier alpha value is -6.98. The van der Waals surface area contributed by atoms with Gasteiger partial charge in [-0.05, 0) is 52.6 Å². The Balaban J connectivity index is 1.08. The number of aromatic nitrogens is 4. The summed E-state index contributed by atoms with van der Waals surface area (Å²) in [5.41, 5.74) is 10.7. The number of hydrogen-bond acceptors (Lipinski definition) is 5. The van der Waals surface area contributed by atoms with Gasteiger partial charge in [0, 0.05) is 27.6 Å². The second-order valence-electron chi connectivity index (χ2n) is 12.3. The zero-order valence-corrected chi connectivity index (χ0v) is 27.5. The third-order valence-corrected chi connectivity index (χ3v) is 8.94. The molecule has 0 radical (unpaired) electrons. The topological polar surface area (TPSA) is 64.7 Å². The van der Waals surface area contributed by atoms with Crippen molar-refractivity contribution in [2.24, 2.45) is 0 Å². The maximum absolute atomic E-state index is 6.25. The van der Waals surface area contributed by atoms with E-state index in [-0.39, 0.29) is 0 Å². The molecule has 5 nitrogen and oxygen atoms in total. The molecule has 0 amide bonds. The molecule has 9 rings (SSSR count). The van der Waals surface area contributed by atoms with E-state index in [0.29, 0.717) is 17.5 Å². The van der Waals surface area contributed by atoms with Gasteiger partial charge < -0.3 is 4.42 Å². The van der Waals surface area contributed by atoms with E-state index in [1.54, 1.807) is 0 Å². The van der Waals surface area contributed by atoms with Crippen molar-refractivity contribution in [3.05, 3.63) is 182 Å². The van der Waals surface area contributed by atoms with Gasteiger partial charge >= 0.3 is 0 Å². The van der Waals surface area contributed by atoms with Gasteiger partial charge in [0.05, 0.1) is 5.69 Å². The number of rotatable bonds is 7. The van der Waals surface area contributed by atoms with Crippen LogP contribution < -0.4 is 0 Å². The minimum atomic E-state index is 0.626. The summed E-state index contributed by atoms with van der Waals surface area (Å²) in [4.78, 5) is 19.8. The van der Waals surface area contributed by atoms with Crippen molar-refractivity contribution in [3.63, 3.8) is 0 Å². The number of para-hydroxylation sites is 1. The van der Waals surface area contributed by atoms with Gasteiger partial charge in [0.25, 0.3) is 0 Å². The lowest BCUT2D eigenvalue weighted by Gasteiger charge is -2.11. The van der Waals surface area contributed by atoms with Crippen LogP contribution >= 0.6 is 0 Å². The molecule has 0 saturated carbocycles. The van der Waals surface area contributed by atoms with E-state index in [4.69, 9.17) is 24.4 Å². The lowest BCUT2D eigenvalue weighted by Crippen LogP contribution is -2.00. The zero-order valence-electron chi connectivity index (χ0n) is 27.5. The number of nitrogens with zero attached hydrogens (tertiary/aromatic N) is 4. The van der Waals surface area contributed by atoms with Crippen LogP contribution in [0.3, 0.4) is 0 Å². The summed E-state index contributed by atoms with van der Waals surface area (Å²) in [5, 5.41) is 1.05. The summed E-state index contributed by atoms with van der Waals surface area (Å²) >= 11 is 0. The number of furan rings is 1. The highest BCUT2D eigenvalue weighted by molar-refractivity contribution is 5.84. The Kier molecular flexibility index (Phi) is 7.76. The Morgan fingerprint density at radius 1 is 0.294 bits per heavy atom. The fourth-order valence-corrected chi connectivity index (χ4v) is 6.32. The van der Waals surface area contributed by atoms with Gasteiger partial charge in [-0.2, -0.15) is 0 Å². The fraction of sp³-hybridized carbons (Fsp3) is 0. The average molecular weight is 655 g/mol. The molecule has 5 heteroatoms. The van der Waals surface area contributed by atoms with Gasteiger partial charge in [-0.25, -0.2) is 19.9 Å². The highest BCUT2D eigenvalue weighted by Crippen LogP contribution is 2.34. The molecule has 3 aromatic heterocycles. The van der Waals surface area contributed by atoms with E-state index in [1.807, 2.05) is 84.9 Å². The van der Waals surface area contributed by atoms with Gasteiger partial charge in [-0.1, -0.05) is 152 Å². The van der Waals surface area contributed by atoms with E-state index in [1.165, 1.54) is 0 Å². The molecule has 0 aliphatic carbocycles. The fourth-order valence-electron chi connectivity index (χ4n) is 6.32. The largest absolute Gasteiger partial charge is 0.454 e. The highest BCUT2D eigenvalue weighted by atomic mass is 16.3. The van der Waals surface area contributed by atoms with E-state index in [9.17, 15) is 0 Å². The highest BCUT2D eigenvalue weighted by Gasteiger charge is 2.15. The molecular formula is C46H30N4O. The van der Waals surface area contributed by atoms with Crippen LogP contribution in [-0.4, -0.2) is 19.9 Å². The second kappa shape index (κ2) is 13.1. The predicted octanol–water partition coefficient (Wildman–Crippen LogP) is 11.7. The van der Waals surface area contributed by atoms with Crippen molar-refractivity contribution in [1.29, 1.82) is 0 Å². The molecule has 6 aromatic carbocycles. The molecular weight excluding hydrogens is 625 g/mol. The summed E-state index contributed by atoms with van der Waals surface area (Å²) < 4.78 is 6.25. The SMILES string of the molecule is c1ccc(-c2cc(-c3ccc(-c4cccc(-c5nc(-c6ccccc6)nc(-c6ccccc6)n5)c4)cc3)nc(-c3cc4ccccc4o3)c2)cc1. The first-order valence-electron chi connectivity index (χ1n) is 16.9. The summed E-state index contributed by atoms with van der Waals surface area (Å²) in [5.74, 6) is 2.65. The summed E-state index contributed by atoms with van der Waals surface area (Å²) in [6, 6.07) is 61.7. The molecule has 240 valence electrons. The normalized spacial score (nSPS) is 11.1. The van der Waals surface area contributed by atoms with E-state index >= 15 is 0 Å². The average Bonchev–Trinajstić information content (AvgIpc) is 3.66. The zero-order chi connectivity index (χ0) is 34.0. The molecule has 0 fully saturated rings. The first-order valence-corrected chi connectivity index (χ1v) is 16.9. The van der Waals surface area contributed by atoms with E-state index < -0.39 is 0 Å². The summed E-state index contributed by atoms with van der Waals surface area (Å²) in [6.45, 7) is 0. The Morgan fingerprint density at radius 2 is 0.784 bits per heavy atom. The van der Waals surface area contributed by atoms with Crippen molar-refractivity contribution < 1.29 is 4.42 Å². The van der Waals surface area contributed by atoms with Crippen LogP contribution in [0.15, 0.2) is 186 Å². The summed E-state index contributed by atoms with van der Waals surface area (Å²) in [7, 11) is 0. The van der Waals surface area contributed by atoms with Crippen molar-refractivity contribution in [2.45, 2.75) is 0 Å². The molecule has 0 aliphatic heterocycles. The second-order valence-corrected chi connectivity index (χ2v) is 12.3. The standard InChI is InChI=1S/C46H30N4O/c1-4-13-31(14-5-1)39-28-40(47-41(29-39)43-30-37-19-10-11-22-42(37)51-43)33-25-23-32(24-26-33)36-20-12-21-38(27-36)46-49-44(34-15-6-2-7-16-34)48-45(50-46)35-17-8-3-9-18-35/h1-30H. The summed E-state index contributed by atoms with van der Waals surface area (Å²) in [6.07, 6.45) is 0. The molecule has 0 N–H and O–H groups in total. The number of hydrogen-bond donors (Lipinski definition) is 0. The van der Waals surface area contributed by atoms with Crippen LogP contribution in [0.2, 0.25) is 0 Å². The van der Waals surface area contributed by atoms with E-state index in [0.717, 1.165) is 72.6 Å². The first-order chi connectivity index (χ1) is 25.2. The van der Waals surface area contributed by atoms with E-state index in [2.05, 4.69) is 97.1 Å². The third kappa shape index (κ3) is 6.20. The Morgan fingerprint density at radius 3 is 1.43 bits per heavy atom. The van der Waals surface area contributed by atoms with Crippen LogP contribution in [0.5, 0.6) is 0 Å². The van der Waals surface area contributed by atoms with Gasteiger partial charge in [-0.15, -0.1) is 0 Å². The van der Waals surface area contributed by atoms with Crippen molar-refractivity contribution >= 4 is 11.0 Å². The monoisotopic (exact) mass is 654 g/mol. The molecule has 3 heterocycles. The molecule has 0 spiro atoms. The Bertz CT molecular complexity index is 2530. The minimum Gasteiger partial charge on any atom is -0.454 e. The van der Waals surface area contributed by atoms with Gasteiger partial charge in [0.15, 0.2) is 23.2 Å².